The summed E-state index contributed by atoms with van der Waals surface area (Å²) in [5.74, 6) is 0.247. The van der Waals surface area contributed by atoms with Crippen molar-refractivity contribution in [2.24, 2.45) is 17.8 Å². The summed E-state index contributed by atoms with van der Waals surface area (Å²) in [5, 5.41) is 10.6. The van der Waals surface area contributed by atoms with Gasteiger partial charge in [0.2, 0.25) is 0 Å². The van der Waals surface area contributed by atoms with E-state index in [1.165, 1.54) is 193 Å². The Labute approximate surface area is 588 Å². The molecule has 0 spiro atoms. The number of aliphatic hydroxyl groups is 1. The molecule has 19 heteroatoms. The summed E-state index contributed by atoms with van der Waals surface area (Å²) in [4.78, 5) is 72.7. The summed E-state index contributed by atoms with van der Waals surface area (Å²) in [5.41, 5.74) is 0. The fourth-order valence-corrected chi connectivity index (χ4v) is 13.4. The Bertz CT molecular complexity index is 1870. The second-order valence-electron chi connectivity index (χ2n) is 29.2. The van der Waals surface area contributed by atoms with Crippen molar-refractivity contribution in [2.75, 3.05) is 39.6 Å². The summed E-state index contributed by atoms with van der Waals surface area (Å²) in [6.45, 7) is 11.9. The fraction of sp³-hybridized carbons (Fsp3) is 0.948. The summed E-state index contributed by atoms with van der Waals surface area (Å²) in [6, 6.07) is 0. The molecule has 0 saturated heterocycles. The highest BCUT2D eigenvalue weighted by Gasteiger charge is 2.30. The van der Waals surface area contributed by atoms with Crippen LogP contribution in [0.15, 0.2) is 0 Å². The smallest absolute Gasteiger partial charge is 0.462 e. The van der Waals surface area contributed by atoms with Gasteiger partial charge in [-0.05, 0) is 43.4 Å². The third-order valence-electron chi connectivity index (χ3n) is 17.9. The first kappa shape index (κ1) is 94.1. The van der Waals surface area contributed by atoms with E-state index >= 15 is 0 Å². The number of hydrogen-bond donors (Lipinski definition) is 3. The highest BCUT2D eigenvalue weighted by Crippen LogP contribution is 2.45. The molecule has 0 aromatic carbocycles. The molecule has 0 saturated carbocycles. The van der Waals surface area contributed by atoms with E-state index < -0.39 is 97.5 Å². The van der Waals surface area contributed by atoms with Crippen molar-refractivity contribution >= 4 is 39.5 Å². The third-order valence-corrected chi connectivity index (χ3v) is 19.8. The van der Waals surface area contributed by atoms with Gasteiger partial charge in [-0.25, -0.2) is 9.13 Å². The Morgan fingerprint density at radius 2 is 0.479 bits per heavy atom. The Kier molecular flexibility index (Phi) is 66.2. The van der Waals surface area contributed by atoms with E-state index in [1.807, 2.05) is 0 Å². The number of carbonyl (C=O) groups excluding carboxylic acids is 4. The van der Waals surface area contributed by atoms with Crippen molar-refractivity contribution in [1.29, 1.82) is 0 Å². The van der Waals surface area contributed by atoms with E-state index in [1.54, 1.807) is 0 Å². The third kappa shape index (κ3) is 70.5. The van der Waals surface area contributed by atoms with Crippen LogP contribution in [0, 0.1) is 17.8 Å². The van der Waals surface area contributed by atoms with Crippen LogP contribution in [0.1, 0.15) is 395 Å². The van der Waals surface area contributed by atoms with E-state index in [0.29, 0.717) is 25.7 Å². The average Bonchev–Trinajstić information content (AvgIpc) is 1.27. The van der Waals surface area contributed by atoms with Crippen LogP contribution in [-0.2, 0) is 65.4 Å². The highest BCUT2D eigenvalue weighted by molar-refractivity contribution is 7.47. The second kappa shape index (κ2) is 67.5. The minimum Gasteiger partial charge on any atom is -0.462 e. The predicted molar refractivity (Wildman–Crippen MR) is 391 cm³/mol. The molecular weight excluding hydrogens is 1260 g/mol. The van der Waals surface area contributed by atoms with Gasteiger partial charge in [-0.1, -0.05) is 344 Å². The minimum atomic E-state index is -4.96. The zero-order valence-electron chi connectivity index (χ0n) is 62.8. The van der Waals surface area contributed by atoms with Gasteiger partial charge in [0.15, 0.2) is 12.2 Å². The number of unbranched alkanes of at least 4 members (excludes halogenated alkanes) is 43. The van der Waals surface area contributed by atoms with Gasteiger partial charge in [0.25, 0.3) is 0 Å². The van der Waals surface area contributed by atoms with Crippen LogP contribution in [0.25, 0.3) is 0 Å². The Hall–Kier alpha value is -1.94. The van der Waals surface area contributed by atoms with Gasteiger partial charge < -0.3 is 33.8 Å². The highest BCUT2D eigenvalue weighted by atomic mass is 31.2. The van der Waals surface area contributed by atoms with Crippen LogP contribution >= 0.6 is 15.6 Å². The minimum absolute atomic E-state index is 0.106. The van der Waals surface area contributed by atoms with Gasteiger partial charge in [0.05, 0.1) is 26.4 Å². The first-order valence-corrected chi connectivity index (χ1v) is 42.8. The maximum atomic E-state index is 13.1. The van der Waals surface area contributed by atoms with Gasteiger partial charge in [-0.3, -0.25) is 37.3 Å². The Morgan fingerprint density at radius 3 is 0.708 bits per heavy atom. The molecule has 0 heterocycles. The van der Waals surface area contributed by atoms with Gasteiger partial charge in [-0.2, -0.15) is 0 Å². The van der Waals surface area contributed by atoms with Crippen LogP contribution in [-0.4, -0.2) is 96.7 Å². The van der Waals surface area contributed by atoms with Crippen molar-refractivity contribution in [3.63, 3.8) is 0 Å². The van der Waals surface area contributed by atoms with Crippen LogP contribution in [0.4, 0.5) is 0 Å². The molecule has 0 rings (SSSR count). The first-order chi connectivity index (χ1) is 46.2. The first-order valence-electron chi connectivity index (χ1n) is 39.8. The van der Waals surface area contributed by atoms with E-state index in [9.17, 15) is 43.2 Å². The lowest BCUT2D eigenvalue weighted by Crippen LogP contribution is -2.30. The lowest BCUT2D eigenvalue weighted by atomic mass is 10.0. The molecule has 5 atom stereocenters. The molecular formula is C77H150O17P2. The number of esters is 4. The molecule has 0 aliphatic rings. The summed E-state index contributed by atoms with van der Waals surface area (Å²) >= 11 is 0. The van der Waals surface area contributed by atoms with Gasteiger partial charge in [-0.15, -0.1) is 0 Å². The van der Waals surface area contributed by atoms with E-state index in [0.717, 1.165) is 120 Å². The SMILES string of the molecule is CCCCCCCCCC(=O)OC[C@H](COP(=O)(O)OC[C@H](O)COP(=O)(O)OC[C@@H](COC(=O)CCCCCCCCCCCCCCCCC(C)C)OC(=O)CCCCCCCCCCCCCCCCCC(C)C)OC(=O)CCCCCCCCCCCCCC(C)C. The molecule has 3 N–H and O–H groups in total. The van der Waals surface area contributed by atoms with E-state index in [4.69, 9.17) is 37.0 Å². The van der Waals surface area contributed by atoms with Crippen LogP contribution in [0.2, 0.25) is 0 Å². The summed E-state index contributed by atoms with van der Waals surface area (Å²) in [7, 11) is -9.91. The van der Waals surface area contributed by atoms with Crippen LogP contribution in [0.3, 0.4) is 0 Å². The van der Waals surface area contributed by atoms with E-state index in [2.05, 4.69) is 48.5 Å². The molecule has 0 aromatic heterocycles. The molecule has 0 aliphatic heterocycles. The molecule has 96 heavy (non-hydrogen) atoms. The Morgan fingerprint density at radius 1 is 0.281 bits per heavy atom. The largest absolute Gasteiger partial charge is 0.472 e. The predicted octanol–water partition coefficient (Wildman–Crippen LogP) is 22.6. The number of rotatable bonds is 75. The number of aliphatic hydroxyl groups excluding tert-OH is 1. The van der Waals surface area contributed by atoms with Crippen LogP contribution in [0.5, 0.6) is 0 Å². The van der Waals surface area contributed by atoms with E-state index in [-0.39, 0.29) is 25.7 Å². The number of hydrogen-bond acceptors (Lipinski definition) is 15. The average molecular weight is 1410 g/mol. The topological polar surface area (TPSA) is 237 Å². The number of ether oxygens (including phenoxy) is 4. The van der Waals surface area contributed by atoms with Gasteiger partial charge in [0, 0.05) is 25.7 Å². The van der Waals surface area contributed by atoms with Crippen molar-refractivity contribution in [3.8, 4) is 0 Å². The summed E-state index contributed by atoms with van der Waals surface area (Å²) < 4.78 is 68.5. The maximum absolute atomic E-state index is 13.1. The number of carbonyl (C=O) groups is 4. The van der Waals surface area contributed by atoms with Crippen molar-refractivity contribution in [1.82, 2.24) is 0 Å². The maximum Gasteiger partial charge on any atom is 0.472 e. The molecule has 0 fully saturated rings. The molecule has 17 nitrogen and oxygen atoms in total. The quantitative estimate of drug-likeness (QED) is 0.0222. The molecule has 0 aliphatic carbocycles. The fourth-order valence-electron chi connectivity index (χ4n) is 11.8. The molecule has 0 aromatic rings. The lowest BCUT2D eigenvalue weighted by molar-refractivity contribution is -0.161. The monoisotopic (exact) mass is 1410 g/mol. The normalized spacial score (nSPS) is 14.1. The summed E-state index contributed by atoms with van der Waals surface area (Å²) in [6.07, 6.45) is 54.2. The standard InChI is InChI=1S/C77H150O17P2/c1-8-9-10-11-34-44-51-58-74(79)87-64-72(93-77(82)61-54-47-40-33-27-21-24-30-37-43-50-57-70(6)7)66-91-95(83,84)89-62-71(78)63-90-96(85,86)92-67-73(65-88-75(80)59-52-45-38-31-25-19-16-15-18-23-29-36-42-49-56-69(4)5)94-76(81)60-53-46-39-32-26-20-14-12-13-17-22-28-35-41-48-55-68(2)3/h68-73,78H,8-67H2,1-7H3,(H,83,84)(H,85,86)/t71-,72+,73+/m0/s1. The Balaban J connectivity index is 5.20. The zero-order valence-corrected chi connectivity index (χ0v) is 64.6. The van der Waals surface area contributed by atoms with Gasteiger partial charge >= 0.3 is 39.5 Å². The number of phosphoric acid groups is 2. The lowest BCUT2D eigenvalue weighted by Gasteiger charge is -2.21. The van der Waals surface area contributed by atoms with Crippen molar-refractivity contribution in [2.45, 2.75) is 414 Å². The van der Waals surface area contributed by atoms with Gasteiger partial charge in [0.1, 0.15) is 19.3 Å². The molecule has 0 amide bonds. The molecule has 0 radical (unpaired) electrons. The number of phosphoric ester groups is 2. The zero-order chi connectivity index (χ0) is 70.9. The molecule has 0 bridgehead atoms. The second-order valence-corrected chi connectivity index (χ2v) is 32.1. The molecule has 570 valence electrons. The van der Waals surface area contributed by atoms with Crippen LogP contribution < -0.4 is 0 Å². The molecule has 2 unspecified atom stereocenters. The van der Waals surface area contributed by atoms with Crippen molar-refractivity contribution in [3.05, 3.63) is 0 Å². The van der Waals surface area contributed by atoms with Crippen molar-refractivity contribution < 1.29 is 80.2 Å².